The van der Waals surface area contributed by atoms with E-state index in [-0.39, 0.29) is 6.04 Å². The maximum Gasteiger partial charge on any atom is 0.258 e. The Hall–Kier alpha value is -2.24. The van der Waals surface area contributed by atoms with Crippen LogP contribution in [-0.2, 0) is 4.74 Å². The lowest BCUT2D eigenvalue weighted by atomic mass is 10.1. The highest BCUT2D eigenvalue weighted by atomic mass is 16.5. The van der Waals surface area contributed by atoms with Crippen molar-refractivity contribution in [3.05, 3.63) is 48.3 Å². The number of aromatic nitrogens is 2. The zero-order valence-corrected chi connectivity index (χ0v) is 11.5. The van der Waals surface area contributed by atoms with Gasteiger partial charge in [-0.2, -0.15) is 4.98 Å². The fourth-order valence-electron chi connectivity index (χ4n) is 2.55. The Morgan fingerprint density at radius 2 is 2.00 bits per heavy atom. The minimum atomic E-state index is 0.0108. The van der Waals surface area contributed by atoms with Gasteiger partial charge >= 0.3 is 0 Å². The van der Waals surface area contributed by atoms with Gasteiger partial charge in [-0.1, -0.05) is 35.5 Å². The number of nitrogens with one attached hydrogen (secondary N) is 1. The van der Waals surface area contributed by atoms with Crippen LogP contribution in [0.2, 0.25) is 0 Å². The highest BCUT2D eigenvalue weighted by molar-refractivity contribution is 5.86. The van der Waals surface area contributed by atoms with E-state index >= 15 is 0 Å². The maximum absolute atomic E-state index is 5.42. The Morgan fingerprint density at radius 3 is 2.86 bits per heavy atom. The molecule has 3 aromatic rings. The lowest BCUT2D eigenvalue weighted by molar-refractivity contribution is 0.0734. The highest BCUT2D eigenvalue weighted by Crippen LogP contribution is 2.24. The molecule has 5 nitrogen and oxygen atoms in total. The van der Waals surface area contributed by atoms with Crippen molar-refractivity contribution in [2.75, 3.05) is 19.8 Å². The van der Waals surface area contributed by atoms with Crippen LogP contribution in [-0.4, -0.2) is 29.9 Å². The average molecular weight is 281 g/mol. The normalized spacial score (nSPS) is 19.0. The molecule has 1 aliphatic heterocycles. The zero-order chi connectivity index (χ0) is 14.1. The Labute approximate surface area is 121 Å². The number of rotatable bonds is 2. The molecule has 0 spiro atoms. The van der Waals surface area contributed by atoms with Crippen molar-refractivity contribution in [1.29, 1.82) is 0 Å². The minimum Gasteiger partial charge on any atom is -0.378 e. The summed E-state index contributed by atoms with van der Waals surface area (Å²) < 4.78 is 10.8. The van der Waals surface area contributed by atoms with Crippen LogP contribution in [0.4, 0.5) is 0 Å². The summed E-state index contributed by atoms with van der Waals surface area (Å²) in [6.45, 7) is 2.12. The van der Waals surface area contributed by atoms with E-state index in [0.29, 0.717) is 18.3 Å². The third-order valence-electron chi connectivity index (χ3n) is 3.67. The third kappa shape index (κ3) is 2.41. The first-order valence-corrected chi connectivity index (χ1v) is 7.04. The molecule has 1 N–H and O–H groups in total. The van der Waals surface area contributed by atoms with Crippen LogP contribution in [0.3, 0.4) is 0 Å². The summed E-state index contributed by atoms with van der Waals surface area (Å²) in [7, 11) is 0. The van der Waals surface area contributed by atoms with Gasteiger partial charge in [0.15, 0.2) is 5.82 Å². The van der Waals surface area contributed by atoms with Crippen molar-refractivity contribution in [3.63, 3.8) is 0 Å². The van der Waals surface area contributed by atoms with Gasteiger partial charge in [-0.3, -0.25) is 0 Å². The summed E-state index contributed by atoms with van der Waals surface area (Å²) in [4.78, 5) is 4.49. The molecule has 1 atom stereocenters. The first kappa shape index (κ1) is 12.5. The fourth-order valence-corrected chi connectivity index (χ4v) is 2.55. The number of morpholine rings is 1. The smallest absolute Gasteiger partial charge is 0.258 e. The summed E-state index contributed by atoms with van der Waals surface area (Å²) >= 11 is 0. The quantitative estimate of drug-likeness (QED) is 0.782. The van der Waals surface area contributed by atoms with E-state index in [9.17, 15) is 0 Å². The van der Waals surface area contributed by atoms with Crippen LogP contribution in [0.5, 0.6) is 0 Å². The van der Waals surface area contributed by atoms with Gasteiger partial charge in [-0.25, -0.2) is 0 Å². The average Bonchev–Trinajstić information content (AvgIpc) is 3.05. The topological polar surface area (TPSA) is 60.2 Å². The van der Waals surface area contributed by atoms with Gasteiger partial charge in [0, 0.05) is 12.1 Å². The zero-order valence-electron chi connectivity index (χ0n) is 11.5. The molecule has 0 bridgehead atoms. The van der Waals surface area contributed by atoms with Gasteiger partial charge in [0.1, 0.15) is 0 Å². The van der Waals surface area contributed by atoms with Crippen LogP contribution in [0.15, 0.2) is 47.0 Å². The molecule has 1 aliphatic rings. The number of nitrogens with zero attached hydrogens (tertiary/aromatic N) is 2. The first-order chi connectivity index (χ1) is 10.4. The van der Waals surface area contributed by atoms with E-state index in [2.05, 4.69) is 39.7 Å². The molecule has 21 heavy (non-hydrogen) atoms. The molecule has 2 aromatic carbocycles. The maximum atomic E-state index is 5.42. The van der Waals surface area contributed by atoms with E-state index in [4.69, 9.17) is 9.26 Å². The van der Waals surface area contributed by atoms with Crippen LogP contribution < -0.4 is 5.32 Å². The number of ether oxygens (including phenoxy) is 1. The minimum absolute atomic E-state index is 0.0108. The Morgan fingerprint density at radius 1 is 1.10 bits per heavy atom. The van der Waals surface area contributed by atoms with Gasteiger partial charge in [0.25, 0.3) is 5.89 Å². The number of hydrogen-bond donors (Lipinski definition) is 1. The van der Waals surface area contributed by atoms with E-state index in [1.54, 1.807) is 0 Å². The molecule has 1 saturated heterocycles. The monoisotopic (exact) mass is 281 g/mol. The van der Waals surface area contributed by atoms with E-state index in [1.165, 1.54) is 5.39 Å². The lowest BCUT2D eigenvalue weighted by Gasteiger charge is -2.20. The second-order valence-electron chi connectivity index (χ2n) is 5.10. The molecule has 0 amide bonds. The van der Waals surface area contributed by atoms with Crippen molar-refractivity contribution in [2.24, 2.45) is 0 Å². The predicted molar refractivity (Wildman–Crippen MR) is 78.8 cm³/mol. The lowest BCUT2D eigenvalue weighted by Crippen LogP contribution is -2.35. The van der Waals surface area contributed by atoms with E-state index in [0.717, 1.165) is 24.1 Å². The molecule has 1 fully saturated rings. The summed E-state index contributed by atoms with van der Waals surface area (Å²) in [6, 6.07) is 14.4. The Bertz CT molecular complexity index is 763. The SMILES string of the molecule is c1ccc2cc(-c3nc([C@H]4COCCN4)no3)ccc2c1. The molecular weight excluding hydrogens is 266 g/mol. The molecule has 2 heterocycles. The van der Waals surface area contributed by atoms with Crippen molar-refractivity contribution >= 4 is 10.8 Å². The number of fused-ring (bicyclic) bond motifs is 1. The number of benzene rings is 2. The van der Waals surface area contributed by atoms with Gasteiger partial charge < -0.3 is 14.6 Å². The van der Waals surface area contributed by atoms with E-state index < -0.39 is 0 Å². The van der Waals surface area contributed by atoms with Gasteiger partial charge in [-0.05, 0) is 22.9 Å². The molecule has 106 valence electrons. The van der Waals surface area contributed by atoms with Crippen LogP contribution in [0, 0.1) is 0 Å². The summed E-state index contributed by atoms with van der Waals surface area (Å²) in [5.74, 6) is 1.20. The van der Waals surface area contributed by atoms with E-state index in [1.807, 2.05) is 18.2 Å². The standard InChI is InChI=1S/C16H15N3O2/c1-2-4-12-9-13(6-5-11(12)3-1)16-18-15(19-21-16)14-10-20-8-7-17-14/h1-6,9,14,17H,7-8,10H2/t14-/m1/s1. The second kappa shape index (κ2) is 5.27. The van der Waals surface area contributed by atoms with Crippen molar-refractivity contribution in [3.8, 4) is 11.5 Å². The van der Waals surface area contributed by atoms with Crippen molar-refractivity contribution in [2.45, 2.75) is 6.04 Å². The van der Waals surface area contributed by atoms with Gasteiger partial charge in [0.05, 0.1) is 19.3 Å². The largest absolute Gasteiger partial charge is 0.378 e. The van der Waals surface area contributed by atoms with Crippen LogP contribution in [0.25, 0.3) is 22.2 Å². The molecule has 5 heteroatoms. The first-order valence-electron chi connectivity index (χ1n) is 7.04. The predicted octanol–water partition coefficient (Wildman–Crippen LogP) is 2.55. The summed E-state index contributed by atoms with van der Waals surface area (Å²) in [6.07, 6.45) is 0. The van der Waals surface area contributed by atoms with Gasteiger partial charge in [0.2, 0.25) is 0 Å². The van der Waals surface area contributed by atoms with Gasteiger partial charge in [-0.15, -0.1) is 0 Å². The summed E-state index contributed by atoms with van der Waals surface area (Å²) in [5.41, 5.74) is 0.934. The molecule has 0 radical (unpaired) electrons. The third-order valence-corrected chi connectivity index (χ3v) is 3.67. The van der Waals surface area contributed by atoms with Crippen LogP contribution in [0.1, 0.15) is 11.9 Å². The second-order valence-corrected chi connectivity index (χ2v) is 5.10. The molecule has 0 aliphatic carbocycles. The Kier molecular flexibility index (Phi) is 3.14. The fraction of sp³-hybridized carbons (Fsp3) is 0.250. The van der Waals surface area contributed by atoms with Crippen molar-refractivity contribution in [1.82, 2.24) is 15.5 Å². The Balaban J connectivity index is 1.67. The molecule has 0 unspecified atom stereocenters. The molecular formula is C16H15N3O2. The molecule has 0 saturated carbocycles. The number of hydrogen-bond acceptors (Lipinski definition) is 5. The molecule has 1 aromatic heterocycles. The summed E-state index contributed by atoms with van der Waals surface area (Å²) in [5, 5.41) is 9.75. The molecule has 4 rings (SSSR count). The van der Waals surface area contributed by atoms with Crippen molar-refractivity contribution < 1.29 is 9.26 Å². The van der Waals surface area contributed by atoms with Crippen LogP contribution >= 0.6 is 0 Å². The highest BCUT2D eigenvalue weighted by Gasteiger charge is 2.21.